The minimum atomic E-state index is 0.692. The molecule has 0 saturated carbocycles. The molecule has 0 bridgehead atoms. The normalized spacial score (nSPS) is 10.4. The van der Waals surface area contributed by atoms with Crippen molar-refractivity contribution in [3.8, 4) is 0 Å². The SMILES string of the molecule is Clc1ccc(Br)cc1CNc1ccc(I)cc1Br. The number of benzene rings is 2. The molecule has 0 unspecified atom stereocenters. The summed E-state index contributed by atoms with van der Waals surface area (Å²) in [6.45, 7) is 0.692. The predicted molar refractivity (Wildman–Crippen MR) is 93.3 cm³/mol. The van der Waals surface area contributed by atoms with E-state index in [0.717, 1.165) is 25.2 Å². The largest absolute Gasteiger partial charge is 0.380 e. The Balaban J connectivity index is 2.13. The molecule has 0 fully saturated rings. The molecule has 0 atom stereocenters. The molecule has 18 heavy (non-hydrogen) atoms. The standard InChI is InChI=1S/C13H9Br2ClIN/c14-9-1-3-12(16)8(5-9)7-18-13-4-2-10(17)6-11(13)15/h1-6,18H,7H2. The Kier molecular flexibility index (Phi) is 5.35. The van der Waals surface area contributed by atoms with E-state index in [1.807, 2.05) is 18.2 Å². The molecular weight excluding hydrogens is 492 g/mol. The van der Waals surface area contributed by atoms with Crippen molar-refractivity contribution in [1.82, 2.24) is 0 Å². The van der Waals surface area contributed by atoms with E-state index in [1.54, 1.807) is 0 Å². The van der Waals surface area contributed by atoms with Gasteiger partial charge in [0, 0.05) is 29.8 Å². The predicted octanol–water partition coefficient (Wildman–Crippen LogP) is 6.08. The lowest BCUT2D eigenvalue weighted by atomic mass is 10.2. The summed E-state index contributed by atoms with van der Waals surface area (Å²) in [5, 5.41) is 4.14. The third-order valence-electron chi connectivity index (χ3n) is 2.41. The van der Waals surface area contributed by atoms with Crippen LogP contribution < -0.4 is 5.32 Å². The lowest BCUT2D eigenvalue weighted by Crippen LogP contribution is -2.01. The molecular formula is C13H9Br2ClIN. The molecule has 2 aromatic rings. The molecule has 0 saturated heterocycles. The second-order valence-electron chi connectivity index (χ2n) is 3.71. The van der Waals surface area contributed by atoms with Gasteiger partial charge in [-0.2, -0.15) is 0 Å². The van der Waals surface area contributed by atoms with Gasteiger partial charge >= 0.3 is 0 Å². The van der Waals surface area contributed by atoms with Gasteiger partial charge in [-0.15, -0.1) is 0 Å². The minimum Gasteiger partial charge on any atom is -0.380 e. The molecule has 0 aliphatic heterocycles. The highest BCUT2D eigenvalue weighted by molar-refractivity contribution is 14.1. The first-order valence-corrected chi connectivity index (χ1v) is 8.23. The molecule has 0 radical (unpaired) electrons. The van der Waals surface area contributed by atoms with Crippen molar-refractivity contribution in [3.05, 3.63) is 59.5 Å². The fraction of sp³-hybridized carbons (Fsp3) is 0.0769. The average Bonchev–Trinajstić information content (AvgIpc) is 2.32. The van der Waals surface area contributed by atoms with Crippen LogP contribution in [-0.2, 0) is 6.54 Å². The number of hydrogen-bond donors (Lipinski definition) is 1. The van der Waals surface area contributed by atoms with Gasteiger partial charge < -0.3 is 5.32 Å². The summed E-state index contributed by atoms with van der Waals surface area (Å²) in [6, 6.07) is 12.0. The van der Waals surface area contributed by atoms with E-state index < -0.39 is 0 Å². The van der Waals surface area contributed by atoms with E-state index in [4.69, 9.17) is 11.6 Å². The van der Waals surface area contributed by atoms with Crippen LogP contribution in [-0.4, -0.2) is 0 Å². The molecule has 2 aromatic carbocycles. The highest BCUT2D eigenvalue weighted by atomic mass is 127. The highest BCUT2D eigenvalue weighted by Crippen LogP contribution is 2.26. The first-order chi connectivity index (χ1) is 8.56. The van der Waals surface area contributed by atoms with Crippen molar-refractivity contribution in [1.29, 1.82) is 0 Å². The second kappa shape index (κ2) is 6.59. The molecule has 2 rings (SSSR count). The van der Waals surface area contributed by atoms with E-state index >= 15 is 0 Å². The van der Waals surface area contributed by atoms with Gasteiger partial charge in [0.05, 0.1) is 0 Å². The van der Waals surface area contributed by atoms with Crippen LogP contribution in [0.3, 0.4) is 0 Å². The average molecular weight is 501 g/mol. The van der Waals surface area contributed by atoms with Crippen LogP contribution >= 0.6 is 66.1 Å². The van der Waals surface area contributed by atoms with Gasteiger partial charge in [0.15, 0.2) is 0 Å². The number of nitrogens with one attached hydrogen (secondary N) is 1. The number of halogens is 4. The fourth-order valence-electron chi connectivity index (χ4n) is 1.50. The van der Waals surface area contributed by atoms with Crippen molar-refractivity contribution in [2.24, 2.45) is 0 Å². The van der Waals surface area contributed by atoms with Gasteiger partial charge in [0.2, 0.25) is 0 Å². The van der Waals surface area contributed by atoms with E-state index in [2.05, 4.69) is 78.0 Å². The number of hydrogen-bond acceptors (Lipinski definition) is 1. The Morgan fingerprint density at radius 3 is 2.61 bits per heavy atom. The van der Waals surface area contributed by atoms with Crippen molar-refractivity contribution >= 4 is 71.7 Å². The Labute approximate surface area is 142 Å². The zero-order chi connectivity index (χ0) is 13.1. The van der Waals surface area contributed by atoms with Gasteiger partial charge in [-0.1, -0.05) is 27.5 Å². The van der Waals surface area contributed by atoms with Gasteiger partial charge in [0.25, 0.3) is 0 Å². The molecule has 0 amide bonds. The summed E-state index contributed by atoms with van der Waals surface area (Å²) >= 11 is 15.4. The second-order valence-corrected chi connectivity index (χ2v) is 7.14. The summed E-state index contributed by atoms with van der Waals surface area (Å²) in [5.74, 6) is 0. The van der Waals surface area contributed by atoms with Crippen molar-refractivity contribution in [2.75, 3.05) is 5.32 Å². The molecule has 5 heteroatoms. The van der Waals surface area contributed by atoms with Crippen LogP contribution in [0.15, 0.2) is 45.3 Å². The lowest BCUT2D eigenvalue weighted by Gasteiger charge is -2.10. The van der Waals surface area contributed by atoms with Gasteiger partial charge in [0.1, 0.15) is 0 Å². The molecule has 1 N–H and O–H groups in total. The van der Waals surface area contributed by atoms with E-state index in [1.165, 1.54) is 3.57 Å². The fourth-order valence-corrected chi connectivity index (χ4v) is 3.53. The Morgan fingerprint density at radius 1 is 1.11 bits per heavy atom. The highest BCUT2D eigenvalue weighted by Gasteiger charge is 2.03. The van der Waals surface area contributed by atoms with Crippen LogP contribution in [0.2, 0.25) is 5.02 Å². The quantitative estimate of drug-likeness (QED) is 0.503. The minimum absolute atomic E-state index is 0.692. The van der Waals surface area contributed by atoms with Gasteiger partial charge in [-0.3, -0.25) is 0 Å². The molecule has 0 heterocycles. The number of anilines is 1. The Bertz CT molecular complexity index is 575. The van der Waals surface area contributed by atoms with Gasteiger partial charge in [-0.05, 0) is 80.5 Å². The van der Waals surface area contributed by atoms with Crippen molar-refractivity contribution in [3.63, 3.8) is 0 Å². The summed E-state index contributed by atoms with van der Waals surface area (Å²) in [6.07, 6.45) is 0. The molecule has 0 aliphatic carbocycles. The first-order valence-electron chi connectivity index (χ1n) is 5.19. The van der Waals surface area contributed by atoms with Crippen LogP contribution in [0.4, 0.5) is 5.69 Å². The smallest absolute Gasteiger partial charge is 0.0488 e. The molecule has 0 aromatic heterocycles. The first kappa shape index (κ1) is 14.6. The van der Waals surface area contributed by atoms with Crippen LogP contribution in [0.1, 0.15) is 5.56 Å². The van der Waals surface area contributed by atoms with E-state index in [0.29, 0.717) is 6.54 Å². The molecule has 0 aliphatic rings. The maximum atomic E-state index is 6.15. The zero-order valence-corrected chi connectivity index (χ0v) is 15.3. The maximum Gasteiger partial charge on any atom is 0.0488 e. The van der Waals surface area contributed by atoms with Crippen LogP contribution in [0.25, 0.3) is 0 Å². The monoisotopic (exact) mass is 499 g/mol. The summed E-state index contributed by atoms with van der Waals surface area (Å²) in [7, 11) is 0. The summed E-state index contributed by atoms with van der Waals surface area (Å²) < 4.78 is 3.29. The molecule has 94 valence electrons. The third-order valence-corrected chi connectivity index (χ3v) is 4.60. The zero-order valence-electron chi connectivity index (χ0n) is 9.18. The lowest BCUT2D eigenvalue weighted by molar-refractivity contribution is 1.14. The topological polar surface area (TPSA) is 12.0 Å². The van der Waals surface area contributed by atoms with E-state index in [9.17, 15) is 0 Å². The van der Waals surface area contributed by atoms with Gasteiger partial charge in [-0.25, -0.2) is 0 Å². The third kappa shape index (κ3) is 3.85. The molecule has 0 spiro atoms. The Hall–Kier alpha value is 0.220. The number of rotatable bonds is 3. The van der Waals surface area contributed by atoms with Crippen molar-refractivity contribution in [2.45, 2.75) is 6.54 Å². The van der Waals surface area contributed by atoms with E-state index in [-0.39, 0.29) is 0 Å². The molecule has 1 nitrogen and oxygen atoms in total. The summed E-state index contributed by atoms with van der Waals surface area (Å²) in [5.41, 5.74) is 2.13. The summed E-state index contributed by atoms with van der Waals surface area (Å²) in [4.78, 5) is 0. The maximum absolute atomic E-state index is 6.15. The van der Waals surface area contributed by atoms with Crippen LogP contribution in [0.5, 0.6) is 0 Å². The van der Waals surface area contributed by atoms with Crippen LogP contribution in [0, 0.1) is 3.57 Å². The Morgan fingerprint density at radius 2 is 1.89 bits per heavy atom. The van der Waals surface area contributed by atoms with Crippen molar-refractivity contribution < 1.29 is 0 Å².